The molecule has 18 heavy (non-hydrogen) atoms. The summed E-state index contributed by atoms with van der Waals surface area (Å²) in [6.07, 6.45) is 3.41. The topological polar surface area (TPSA) is 64.4 Å². The Balaban J connectivity index is 2.33. The van der Waals surface area contributed by atoms with E-state index in [2.05, 4.69) is 4.98 Å². The van der Waals surface area contributed by atoms with Crippen molar-refractivity contribution in [3.8, 4) is 17.0 Å². The van der Waals surface area contributed by atoms with E-state index < -0.39 is 5.97 Å². The molecule has 94 valence electrons. The normalized spacial score (nSPS) is 10.3. The zero-order valence-electron chi connectivity index (χ0n) is 10.0. The summed E-state index contributed by atoms with van der Waals surface area (Å²) in [5, 5.41) is 8.72. The zero-order valence-corrected chi connectivity index (χ0v) is 10.0. The molecule has 0 unspecified atom stereocenters. The number of hydrogen-bond acceptors (Lipinski definition) is 3. The molecule has 1 aromatic heterocycles. The van der Waals surface area contributed by atoms with E-state index in [1.165, 1.54) is 0 Å². The molecule has 0 saturated heterocycles. The third kappa shape index (κ3) is 2.51. The average Bonchev–Trinajstić information content (AvgIpc) is 2.84. The lowest BCUT2D eigenvalue weighted by atomic mass is 10.1. The van der Waals surface area contributed by atoms with Crippen molar-refractivity contribution in [3.63, 3.8) is 0 Å². The van der Waals surface area contributed by atoms with Crippen LogP contribution in [-0.4, -0.2) is 27.7 Å². The molecular weight excluding hydrogens is 232 g/mol. The molecule has 1 aromatic carbocycles. The maximum atomic E-state index is 10.6. The molecular formula is C13H14N2O3. The highest BCUT2D eigenvalue weighted by molar-refractivity contribution is 5.68. The van der Waals surface area contributed by atoms with Crippen LogP contribution in [0.4, 0.5) is 0 Å². The molecule has 5 heteroatoms. The monoisotopic (exact) mass is 246 g/mol. The lowest BCUT2D eigenvalue weighted by Crippen LogP contribution is -2.05. The van der Waals surface area contributed by atoms with Gasteiger partial charge in [-0.15, -0.1) is 0 Å². The largest absolute Gasteiger partial charge is 0.496 e. The van der Waals surface area contributed by atoms with Crippen LogP contribution in [0.5, 0.6) is 5.75 Å². The Labute approximate surface area is 105 Å². The van der Waals surface area contributed by atoms with E-state index in [1.807, 2.05) is 28.8 Å². The van der Waals surface area contributed by atoms with Crippen LogP contribution in [0.2, 0.25) is 0 Å². The molecule has 0 bridgehead atoms. The molecule has 0 aliphatic carbocycles. The summed E-state index contributed by atoms with van der Waals surface area (Å²) in [5.74, 6) is -0.0794. The SMILES string of the molecule is COc1ccccc1-c1cncn1CCC(=O)O. The number of ether oxygens (including phenoxy) is 1. The van der Waals surface area contributed by atoms with Gasteiger partial charge in [-0.3, -0.25) is 4.79 Å². The number of carbonyl (C=O) groups is 1. The molecule has 1 N–H and O–H groups in total. The van der Waals surface area contributed by atoms with Gasteiger partial charge in [-0.2, -0.15) is 0 Å². The molecule has 5 nitrogen and oxygen atoms in total. The van der Waals surface area contributed by atoms with Crippen LogP contribution < -0.4 is 4.74 Å². The van der Waals surface area contributed by atoms with Gasteiger partial charge in [0.05, 0.1) is 31.7 Å². The molecule has 1 heterocycles. The molecule has 0 spiro atoms. The van der Waals surface area contributed by atoms with Crippen LogP contribution in [0.15, 0.2) is 36.8 Å². The first-order chi connectivity index (χ1) is 8.72. The van der Waals surface area contributed by atoms with Gasteiger partial charge in [-0.25, -0.2) is 4.98 Å². The van der Waals surface area contributed by atoms with Crippen LogP contribution in [0.25, 0.3) is 11.3 Å². The maximum Gasteiger partial charge on any atom is 0.305 e. The van der Waals surface area contributed by atoms with E-state index in [0.29, 0.717) is 6.54 Å². The van der Waals surface area contributed by atoms with Crippen molar-refractivity contribution >= 4 is 5.97 Å². The zero-order chi connectivity index (χ0) is 13.0. The van der Waals surface area contributed by atoms with E-state index in [4.69, 9.17) is 9.84 Å². The molecule has 0 atom stereocenters. The second-order valence-electron chi connectivity index (χ2n) is 3.82. The van der Waals surface area contributed by atoms with Crippen LogP contribution in [0.1, 0.15) is 6.42 Å². The van der Waals surface area contributed by atoms with Gasteiger partial charge in [-0.05, 0) is 12.1 Å². The molecule has 0 saturated carbocycles. The van der Waals surface area contributed by atoms with Crippen LogP contribution in [0, 0.1) is 0 Å². The highest BCUT2D eigenvalue weighted by atomic mass is 16.5. The minimum atomic E-state index is -0.824. The fourth-order valence-corrected chi connectivity index (χ4v) is 1.80. The fraction of sp³-hybridized carbons (Fsp3) is 0.231. The van der Waals surface area contributed by atoms with Gasteiger partial charge in [0.15, 0.2) is 0 Å². The van der Waals surface area contributed by atoms with Crippen LogP contribution in [-0.2, 0) is 11.3 Å². The number of aromatic nitrogens is 2. The Bertz CT molecular complexity index is 549. The molecule has 0 aliphatic heterocycles. The summed E-state index contributed by atoms with van der Waals surface area (Å²) >= 11 is 0. The number of nitrogens with zero attached hydrogens (tertiary/aromatic N) is 2. The quantitative estimate of drug-likeness (QED) is 0.876. The minimum absolute atomic E-state index is 0.0680. The standard InChI is InChI=1S/C13H14N2O3/c1-18-12-5-3-2-4-10(12)11-8-14-9-15(11)7-6-13(16)17/h2-5,8-9H,6-7H2,1H3,(H,16,17). The number of methoxy groups -OCH3 is 1. The van der Waals surface area contributed by atoms with Crippen LogP contribution >= 0.6 is 0 Å². The number of hydrogen-bond donors (Lipinski definition) is 1. The van der Waals surface area contributed by atoms with Gasteiger partial charge in [0.1, 0.15) is 5.75 Å². The first kappa shape index (κ1) is 12.2. The Kier molecular flexibility index (Phi) is 3.62. The van der Waals surface area contributed by atoms with Gasteiger partial charge >= 0.3 is 5.97 Å². The lowest BCUT2D eigenvalue weighted by molar-refractivity contribution is -0.137. The number of imidazole rings is 1. The summed E-state index contributed by atoms with van der Waals surface area (Å²) in [6.45, 7) is 0.392. The Hall–Kier alpha value is -2.30. The second-order valence-corrected chi connectivity index (χ2v) is 3.82. The van der Waals surface area contributed by atoms with Gasteiger partial charge in [0.2, 0.25) is 0 Å². The molecule has 2 rings (SSSR count). The molecule has 0 radical (unpaired) electrons. The first-order valence-corrected chi connectivity index (χ1v) is 5.57. The maximum absolute atomic E-state index is 10.6. The molecule has 2 aromatic rings. The first-order valence-electron chi connectivity index (χ1n) is 5.57. The highest BCUT2D eigenvalue weighted by Gasteiger charge is 2.10. The molecule has 0 amide bonds. The predicted molar refractivity (Wildman–Crippen MR) is 66.5 cm³/mol. The molecule has 0 aliphatic rings. The minimum Gasteiger partial charge on any atom is -0.496 e. The molecule has 0 fully saturated rings. The number of carboxylic acids is 1. The Morgan fingerprint density at radius 3 is 2.94 bits per heavy atom. The van der Waals surface area contributed by atoms with Crippen LogP contribution in [0.3, 0.4) is 0 Å². The summed E-state index contributed by atoms with van der Waals surface area (Å²) < 4.78 is 7.10. The number of rotatable bonds is 5. The van der Waals surface area contributed by atoms with Crippen molar-refractivity contribution in [2.75, 3.05) is 7.11 Å². The fourth-order valence-electron chi connectivity index (χ4n) is 1.80. The summed E-state index contributed by atoms with van der Waals surface area (Å²) in [7, 11) is 1.61. The third-order valence-electron chi connectivity index (χ3n) is 2.66. The van der Waals surface area contributed by atoms with Crippen molar-refractivity contribution in [3.05, 3.63) is 36.8 Å². The Morgan fingerprint density at radius 1 is 1.44 bits per heavy atom. The highest BCUT2D eigenvalue weighted by Crippen LogP contribution is 2.29. The van der Waals surface area contributed by atoms with Crippen molar-refractivity contribution in [1.82, 2.24) is 9.55 Å². The smallest absolute Gasteiger partial charge is 0.305 e. The predicted octanol–water partition coefficient (Wildman–Crippen LogP) is 2.03. The summed E-state index contributed by atoms with van der Waals surface area (Å²) in [4.78, 5) is 14.7. The number of aliphatic carboxylic acids is 1. The van der Waals surface area contributed by atoms with Gasteiger partial charge < -0.3 is 14.4 Å². The average molecular weight is 246 g/mol. The Morgan fingerprint density at radius 2 is 2.22 bits per heavy atom. The van der Waals surface area contributed by atoms with Crippen molar-refractivity contribution in [2.24, 2.45) is 0 Å². The number of carboxylic acid groups (broad SMARTS) is 1. The summed E-state index contributed by atoms with van der Waals surface area (Å²) in [5.41, 5.74) is 1.76. The van der Waals surface area contributed by atoms with E-state index in [-0.39, 0.29) is 6.42 Å². The third-order valence-corrected chi connectivity index (χ3v) is 2.66. The lowest BCUT2D eigenvalue weighted by Gasteiger charge is -2.10. The second kappa shape index (κ2) is 5.35. The van der Waals surface area contributed by atoms with Gasteiger partial charge in [0.25, 0.3) is 0 Å². The number of para-hydroxylation sites is 1. The van der Waals surface area contributed by atoms with Gasteiger partial charge in [0, 0.05) is 12.1 Å². The van der Waals surface area contributed by atoms with E-state index in [1.54, 1.807) is 19.6 Å². The van der Waals surface area contributed by atoms with Crippen molar-refractivity contribution in [2.45, 2.75) is 13.0 Å². The van der Waals surface area contributed by atoms with E-state index in [9.17, 15) is 4.79 Å². The van der Waals surface area contributed by atoms with Crippen molar-refractivity contribution in [1.29, 1.82) is 0 Å². The van der Waals surface area contributed by atoms with E-state index in [0.717, 1.165) is 17.0 Å². The van der Waals surface area contributed by atoms with Crippen molar-refractivity contribution < 1.29 is 14.6 Å². The number of benzene rings is 1. The number of aryl methyl sites for hydroxylation is 1. The summed E-state index contributed by atoms with van der Waals surface area (Å²) in [6, 6.07) is 7.59. The van der Waals surface area contributed by atoms with E-state index >= 15 is 0 Å². The van der Waals surface area contributed by atoms with Gasteiger partial charge in [-0.1, -0.05) is 12.1 Å².